The number of hydrogen-bond acceptors (Lipinski definition) is 2. The Bertz CT molecular complexity index is 774. The lowest BCUT2D eigenvalue weighted by atomic mass is 9.75. The lowest BCUT2D eigenvalue weighted by molar-refractivity contribution is 0.0339. The number of aliphatic hydroxyl groups is 1. The molecule has 0 bridgehead atoms. The highest BCUT2D eigenvalue weighted by Crippen LogP contribution is 2.43. The van der Waals surface area contributed by atoms with Gasteiger partial charge in [0, 0.05) is 0 Å². The van der Waals surface area contributed by atoms with Crippen LogP contribution in [0, 0.1) is 0 Å². The number of hydrogen-bond donors (Lipinski definition) is 2. The maximum atomic E-state index is 12.0. The van der Waals surface area contributed by atoms with E-state index in [4.69, 9.17) is 0 Å². The fourth-order valence-electron chi connectivity index (χ4n) is 3.76. The fraction of sp³-hybridized carbons (Fsp3) is 0.182. The number of rotatable bonds is 3. The van der Waals surface area contributed by atoms with Gasteiger partial charge in [0.15, 0.2) is 0 Å². The highest BCUT2D eigenvalue weighted by atomic mass is 16.3. The highest BCUT2D eigenvalue weighted by molar-refractivity contribution is 5.44. The Labute approximate surface area is 142 Å². The number of nitrogens with one attached hydrogen (secondary N) is 1. The summed E-state index contributed by atoms with van der Waals surface area (Å²) in [6.45, 7) is 0.865. The van der Waals surface area contributed by atoms with Crippen molar-refractivity contribution in [1.82, 2.24) is 5.32 Å². The SMILES string of the molecule is OC(c1ccccc1)(c1ccccc1)C1NCCc2ccccc21. The van der Waals surface area contributed by atoms with Crippen LogP contribution in [0.4, 0.5) is 0 Å². The van der Waals surface area contributed by atoms with Crippen molar-refractivity contribution in [2.24, 2.45) is 0 Å². The van der Waals surface area contributed by atoms with Crippen LogP contribution in [0.3, 0.4) is 0 Å². The van der Waals surface area contributed by atoms with Gasteiger partial charge in [0.25, 0.3) is 0 Å². The third-order valence-corrected chi connectivity index (χ3v) is 4.95. The predicted octanol–water partition coefficient (Wildman–Crippen LogP) is 3.81. The first-order chi connectivity index (χ1) is 11.8. The summed E-state index contributed by atoms with van der Waals surface area (Å²) in [7, 11) is 0. The van der Waals surface area contributed by atoms with E-state index >= 15 is 0 Å². The Morgan fingerprint density at radius 2 is 1.29 bits per heavy atom. The van der Waals surface area contributed by atoms with Gasteiger partial charge in [0.1, 0.15) is 5.60 Å². The highest BCUT2D eigenvalue weighted by Gasteiger charge is 2.42. The van der Waals surface area contributed by atoms with Crippen molar-refractivity contribution in [3.05, 3.63) is 107 Å². The Kier molecular flexibility index (Phi) is 3.93. The molecule has 0 saturated heterocycles. The first-order valence-corrected chi connectivity index (χ1v) is 8.45. The molecule has 0 aliphatic carbocycles. The van der Waals surface area contributed by atoms with E-state index in [0.29, 0.717) is 0 Å². The lowest BCUT2D eigenvalue weighted by Crippen LogP contribution is -2.46. The third-order valence-electron chi connectivity index (χ3n) is 4.95. The molecule has 3 aromatic rings. The maximum Gasteiger partial charge on any atom is 0.134 e. The van der Waals surface area contributed by atoms with Crippen molar-refractivity contribution in [2.45, 2.75) is 18.1 Å². The van der Waals surface area contributed by atoms with E-state index in [1.807, 2.05) is 60.7 Å². The van der Waals surface area contributed by atoms with Crippen LogP contribution in [-0.2, 0) is 12.0 Å². The molecule has 4 rings (SSSR count). The molecule has 1 unspecified atom stereocenters. The van der Waals surface area contributed by atoms with Gasteiger partial charge in [-0.05, 0) is 35.2 Å². The smallest absolute Gasteiger partial charge is 0.134 e. The van der Waals surface area contributed by atoms with Crippen LogP contribution in [0.1, 0.15) is 28.3 Å². The quantitative estimate of drug-likeness (QED) is 0.770. The molecule has 0 aromatic heterocycles. The van der Waals surface area contributed by atoms with Gasteiger partial charge >= 0.3 is 0 Å². The largest absolute Gasteiger partial charge is 0.378 e. The first kappa shape index (κ1) is 15.1. The topological polar surface area (TPSA) is 32.3 Å². The van der Waals surface area contributed by atoms with Crippen molar-refractivity contribution in [3.8, 4) is 0 Å². The van der Waals surface area contributed by atoms with E-state index in [9.17, 15) is 5.11 Å². The summed E-state index contributed by atoms with van der Waals surface area (Å²) in [6, 6.07) is 28.2. The van der Waals surface area contributed by atoms with Gasteiger partial charge in [-0.25, -0.2) is 0 Å². The Hall–Kier alpha value is -2.42. The Balaban J connectivity index is 1.92. The van der Waals surface area contributed by atoms with Crippen molar-refractivity contribution in [2.75, 3.05) is 6.54 Å². The average molecular weight is 315 g/mol. The average Bonchev–Trinajstić information content (AvgIpc) is 2.68. The predicted molar refractivity (Wildman–Crippen MR) is 96.8 cm³/mol. The van der Waals surface area contributed by atoms with Crippen LogP contribution < -0.4 is 5.32 Å². The summed E-state index contributed by atoms with van der Waals surface area (Å²) in [6.07, 6.45) is 0.992. The van der Waals surface area contributed by atoms with Gasteiger partial charge in [-0.1, -0.05) is 84.9 Å². The Morgan fingerprint density at radius 3 is 1.92 bits per heavy atom. The molecular formula is C22H21NO. The lowest BCUT2D eigenvalue weighted by Gasteiger charge is -2.41. The van der Waals surface area contributed by atoms with E-state index in [2.05, 4.69) is 29.6 Å². The minimum atomic E-state index is -1.11. The summed E-state index contributed by atoms with van der Waals surface area (Å²) < 4.78 is 0. The molecule has 0 radical (unpaired) electrons. The molecule has 1 aliphatic heterocycles. The molecular weight excluding hydrogens is 294 g/mol. The minimum Gasteiger partial charge on any atom is -0.378 e. The molecule has 0 spiro atoms. The third kappa shape index (κ3) is 2.44. The molecule has 120 valence electrons. The van der Waals surface area contributed by atoms with E-state index in [1.54, 1.807) is 0 Å². The van der Waals surface area contributed by atoms with Crippen molar-refractivity contribution >= 4 is 0 Å². The van der Waals surface area contributed by atoms with E-state index in [-0.39, 0.29) is 6.04 Å². The molecule has 0 fully saturated rings. The van der Waals surface area contributed by atoms with Crippen molar-refractivity contribution < 1.29 is 5.11 Å². The normalized spacial score (nSPS) is 17.3. The van der Waals surface area contributed by atoms with Crippen LogP contribution >= 0.6 is 0 Å². The zero-order chi connectivity index (χ0) is 16.4. The van der Waals surface area contributed by atoms with Gasteiger partial charge in [-0.3, -0.25) is 0 Å². The molecule has 0 saturated carbocycles. The first-order valence-electron chi connectivity index (χ1n) is 8.45. The molecule has 2 N–H and O–H groups in total. The number of benzene rings is 3. The number of fused-ring (bicyclic) bond motifs is 1. The Morgan fingerprint density at radius 1 is 0.750 bits per heavy atom. The summed E-state index contributed by atoms with van der Waals surface area (Å²) in [5.74, 6) is 0. The maximum absolute atomic E-state index is 12.0. The molecule has 3 aromatic carbocycles. The summed E-state index contributed by atoms with van der Waals surface area (Å²) in [4.78, 5) is 0. The second kappa shape index (κ2) is 6.23. The van der Waals surface area contributed by atoms with Gasteiger partial charge in [0.05, 0.1) is 6.04 Å². The van der Waals surface area contributed by atoms with E-state index in [0.717, 1.165) is 24.1 Å². The summed E-state index contributed by atoms with van der Waals surface area (Å²) in [5, 5.41) is 15.5. The summed E-state index contributed by atoms with van der Waals surface area (Å²) >= 11 is 0. The van der Waals surface area contributed by atoms with Crippen LogP contribution in [0.15, 0.2) is 84.9 Å². The van der Waals surface area contributed by atoms with Crippen LogP contribution in [0.2, 0.25) is 0 Å². The summed E-state index contributed by atoms with van der Waals surface area (Å²) in [5.41, 5.74) is 3.19. The van der Waals surface area contributed by atoms with Crippen LogP contribution in [0.5, 0.6) is 0 Å². The van der Waals surface area contributed by atoms with E-state index < -0.39 is 5.60 Å². The standard InChI is InChI=1S/C22H21NO/c24-22(18-10-3-1-4-11-18,19-12-5-2-6-13-19)21-20-14-8-7-9-17(20)15-16-23-21/h1-14,21,23-24H,15-16H2. The van der Waals surface area contributed by atoms with Gasteiger partial charge in [-0.15, -0.1) is 0 Å². The van der Waals surface area contributed by atoms with Crippen molar-refractivity contribution in [1.29, 1.82) is 0 Å². The van der Waals surface area contributed by atoms with Crippen LogP contribution in [0.25, 0.3) is 0 Å². The fourth-order valence-corrected chi connectivity index (χ4v) is 3.76. The molecule has 1 heterocycles. The monoisotopic (exact) mass is 315 g/mol. The van der Waals surface area contributed by atoms with Crippen molar-refractivity contribution in [3.63, 3.8) is 0 Å². The molecule has 1 atom stereocenters. The molecule has 24 heavy (non-hydrogen) atoms. The molecule has 2 nitrogen and oxygen atoms in total. The van der Waals surface area contributed by atoms with E-state index in [1.165, 1.54) is 11.1 Å². The van der Waals surface area contributed by atoms with Crippen LogP contribution in [-0.4, -0.2) is 11.7 Å². The second-order valence-corrected chi connectivity index (χ2v) is 6.33. The molecule has 2 heteroatoms. The minimum absolute atomic E-state index is 0.174. The van der Waals surface area contributed by atoms with Gasteiger partial charge in [0.2, 0.25) is 0 Å². The molecule has 0 amide bonds. The van der Waals surface area contributed by atoms with Gasteiger partial charge in [-0.2, -0.15) is 0 Å². The zero-order valence-electron chi connectivity index (χ0n) is 13.5. The zero-order valence-corrected chi connectivity index (χ0v) is 13.5. The second-order valence-electron chi connectivity index (χ2n) is 6.33. The van der Waals surface area contributed by atoms with Gasteiger partial charge < -0.3 is 10.4 Å². The molecule has 1 aliphatic rings.